The van der Waals surface area contributed by atoms with Crippen molar-refractivity contribution in [2.45, 2.75) is 25.8 Å². The molecule has 1 aromatic carbocycles. The fraction of sp³-hybridized carbons (Fsp3) is 0.474. The van der Waals surface area contributed by atoms with Crippen LogP contribution in [-0.2, 0) is 9.59 Å². The highest BCUT2D eigenvalue weighted by Crippen LogP contribution is 2.24. The zero-order chi connectivity index (χ0) is 19.8. The van der Waals surface area contributed by atoms with Crippen molar-refractivity contribution in [3.63, 3.8) is 0 Å². The molecule has 8 heteroatoms. The van der Waals surface area contributed by atoms with E-state index < -0.39 is 5.91 Å². The molecule has 1 atom stereocenters. The summed E-state index contributed by atoms with van der Waals surface area (Å²) in [4.78, 5) is 47.6. The molecule has 0 bridgehead atoms. The minimum atomic E-state index is -0.396. The average molecular weight is 377 g/mol. The molecule has 1 aliphatic heterocycles. The van der Waals surface area contributed by atoms with Crippen molar-refractivity contribution >= 4 is 24.5 Å². The molecule has 27 heavy (non-hydrogen) atoms. The molecule has 1 aromatic rings. The normalized spacial score (nSPS) is 14.6. The van der Waals surface area contributed by atoms with Crippen LogP contribution in [0.3, 0.4) is 0 Å². The summed E-state index contributed by atoms with van der Waals surface area (Å²) >= 11 is 0. The van der Waals surface area contributed by atoms with Crippen molar-refractivity contribution in [3.8, 4) is 5.75 Å². The van der Waals surface area contributed by atoms with E-state index in [1.165, 1.54) is 4.90 Å². The lowest BCUT2D eigenvalue weighted by atomic mass is 10.0. The molecule has 1 aliphatic rings. The molecule has 0 radical (unpaired) electrons. The molecular weight excluding hydrogens is 350 g/mol. The molecule has 2 N–H and O–H groups in total. The van der Waals surface area contributed by atoms with Gasteiger partial charge >= 0.3 is 0 Å². The Morgan fingerprint density at radius 2 is 2.15 bits per heavy atom. The molecule has 1 heterocycles. The van der Waals surface area contributed by atoms with Gasteiger partial charge in [-0.25, -0.2) is 0 Å². The summed E-state index contributed by atoms with van der Waals surface area (Å²) < 4.78 is 5.74. The molecule has 8 nitrogen and oxygen atoms in total. The maximum absolute atomic E-state index is 12.8. The van der Waals surface area contributed by atoms with E-state index in [0.717, 1.165) is 13.1 Å². The number of hydrogen-bond donors (Lipinski definition) is 2. The summed E-state index contributed by atoms with van der Waals surface area (Å²) in [6, 6.07) is 4.70. The summed E-state index contributed by atoms with van der Waals surface area (Å²) in [6.45, 7) is 4.06. The standard InChI is InChI=1S/C19H25N3O5.H2/c1-13(6-7-18(25)21-12-24)22(2)19(26)15-4-3-5-17(16(15)10-23)27-11-14-8-20-9-14;/h3-5,10,12-14,20H,6-9,11H2,1-2H3,(H,21,24,25);1H. The number of aldehydes is 1. The first-order valence-electron chi connectivity index (χ1n) is 8.89. The van der Waals surface area contributed by atoms with Gasteiger partial charge < -0.3 is 15.0 Å². The molecule has 2 rings (SSSR count). The minimum absolute atomic E-state index is 0. The first-order valence-corrected chi connectivity index (χ1v) is 8.89. The van der Waals surface area contributed by atoms with Gasteiger partial charge in [-0.3, -0.25) is 24.5 Å². The fourth-order valence-corrected chi connectivity index (χ4v) is 2.71. The van der Waals surface area contributed by atoms with Crippen molar-refractivity contribution < 1.29 is 25.3 Å². The second kappa shape index (κ2) is 9.82. The highest BCUT2D eigenvalue weighted by Gasteiger charge is 2.23. The van der Waals surface area contributed by atoms with Crippen LogP contribution in [-0.4, -0.2) is 62.2 Å². The number of rotatable bonds is 10. The van der Waals surface area contributed by atoms with Crippen molar-refractivity contribution in [2.75, 3.05) is 26.7 Å². The molecule has 0 saturated carbocycles. The van der Waals surface area contributed by atoms with Crippen LogP contribution in [0.2, 0.25) is 0 Å². The second-order valence-corrected chi connectivity index (χ2v) is 6.66. The van der Waals surface area contributed by atoms with Crippen LogP contribution in [0, 0.1) is 5.92 Å². The van der Waals surface area contributed by atoms with E-state index in [1.54, 1.807) is 32.2 Å². The lowest BCUT2D eigenvalue weighted by Gasteiger charge is -2.28. The quantitative estimate of drug-likeness (QED) is 0.586. The van der Waals surface area contributed by atoms with Gasteiger partial charge in [0, 0.05) is 39.9 Å². The Balaban J connectivity index is 0.00000392. The van der Waals surface area contributed by atoms with E-state index in [9.17, 15) is 19.2 Å². The molecule has 1 unspecified atom stereocenters. The number of hydrogen-bond acceptors (Lipinski definition) is 6. The Hall–Kier alpha value is -2.74. The number of nitrogens with zero attached hydrogens (tertiary/aromatic N) is 1. The molecule has 0 aromatic heterocycles. The maximum atomic E-state index is 12.8. The predicted molar refractivity (Wildman–Crippen MR) is 101 cm³/mol. The van der Waals surface area contributed by atoms with Crippen LogP contribution in [0.1, 0.15) is 41.9 Å². The zero-order valence-corrected chi connectivity index (χ0v) is 15.6. The smallest absolute Gasteiger partial charge is 0.254 e. The molecule has 0 aliphatic carbocycles. The van der Waals surface area contributed by atoms with Gasteiger partial charge in [0.1, 0.15) is 5.75 Å². The van der Waals surface area contributed by atoms with Gasteiger partial charge in [-0.05, 0) is 25.5 Å². The van der Waals surface area contributed by atoms with Crippen molar-refractivity contribution in [1.29, 1.82) is 0 Å². The number of carbonyl (C=O) groups is 4. The SMILES string of the molecule is CC(CCC(=O)NC=O)N(C)C(=O)c1cccc(OCC2CNC2)c1C=O.[HH]. The zero-order valence-electron chi connectivity index (χ0n) is 15.6. The van der Waals surface area contributed by atoms with Gasteiger partial charge in [0.05, 0.1) is 17.7 Å². The van der Waals surface area contributed by atoms with Gasteiger partial charge in [0.25, 0.3) is 5.91 Å². The fourth-order valence-electron chi connectivity index (χ4n) is 2.71. The molecule has 148 valence electrons. The van der Waals surface area contributed by atoms with Crippen LogP contribution in [0.15, 0.2) is 18.2 Å². The molecule has 3 amide bonds. The summed E-state index contributed by atoms with van der Waals surface area (Å²) in [5, 5.41) is 5.22. The maximum Gasteiger partial charge on any atom is 0.254 e. The number of imide groups is 1. The predicted octanol–water partition coefficient (Wildman–Crippen LogP) is 0.857. The number of ether oxygens (including phenoxy) is 1. The number of carbonyl (C=O) groups excluding carboxylic acids is 4. The third kappa shape index (κ3) is 5.37. The largest absolute Gasteiger partial charge is 0.492 e. The van der Waals surface area contributed by atoms with E-state index in [0.29, 0.717) is 37.4 Å². The summed E-state index contributed by atoms with van der Waals surface area (Å²) in [6.07, 6.45) is 1.49. The Bertz CT molecular complexity index is 709. The highest BCUT2D eigenvalue weighted by molar-refractivity contribution is 6.03. The Morgan fingerprint density at radius 1 is 1.41 bits per heavy atom. The third-order valence-corrected chi connectivity index (χ3v) is 4.75. The number of benzene rings is 1. The van der Waals surface area contributed by atoms with Gasteiger partial charge in [-0.1, -0.05) is 6.07 Å². The Labute approximate surface area is 159 Å². The minimum Gasteiger partial charge on any atom is -0.492 e. The van der Waals surface area contributed by atoms with Crippen LogP contribution in [0.25, 0.3) is 0 Å². The van der Waals surface area contributed by atoms with Crippen LogP contribution < -0.4 is 15.4 Å². The van der Waals surface area contributed by atoms with Crippen molar-refractivity contribution in [1.82, 2.24) is 15.5 Å². The molecule has 1 fully saturated rings. The van der Waals surface area contributed by atoms with E-state index in [1.807, 2.05) is 0 Å². The summed E-state index contributed by atoms with van der Waals surface area (Å²) in [5.41, 5.74) is 0.494. The first-order chi connectivity index (χ1) is 13.0. The van der Waals surface area contributed by atoms with Crippen LogP contribution >= 0.6 is 0 Å². The van der Waals surface area contributed by atoms with E-state index in [-0.39, 0.29) is 30.9 Å². The van der Waals surface area contributed by atoms with Crippen LogP contribution in [0.5, 0.6) is 5.75 Å². The van der Waals surface area contributed by atoms with Gasteiger partial charge in [0.15, 0.2) is 6.29 Å². The number of amides is 3. The average Bonchev–Trinajstić information content (AvgIpc) is 2.63. The third-order valence-electron chi connectivity index (χ3n) is 4.75. The Kier molecular flexibility index (Phi) is 7.48. The molecule has 0 spiro atoms. The lowest BCUT2D eigenvalue weighted by Crippen LogP contribution is -2.45. The van der Waals surface area contributed by atoms with Gasteiger partial charge in [-0.15, -0.1) is 0 Å². The second-order valence-electron chi connectivity index (χ2n) is 6.66. The summed E-state index contributed by atoms with van der Waals surface area (Å²) in [5.74, 6) is 0.0848. The van der Waals surface area contributed by atoms with Gasteiger partial charge in [0.2, 0.25) is 12.3 Å². The van der Waals surface area contributed by atoms with Gasteiger partial charge in [-0.2, -0.15) is 0 Å². The Morgan fingerprint density at radius 3 is 2.74 bits per heavy atom. The summed E-state index contributed by atoms with van der Waals surface area (Å²) in [7, 11) is 1.62. The molecular formula is C19H27N3O5. The van der Waals surface area contributed by atoms with Crippen LogP contribution in [0.4, 0.5) is 0 Å². The number of nitrogens with one attached hydrogen (secondary N) is 2. The highest BCUT2D eigenvalue weighted by atomic mass is 16.5. The lowest BCUT2D eigenvalue weighted by molar-refractivity contribution is -0.125. The van der Waals surface area contributed by atoms with E-state index in [2.05, 4.69) is 10.6 Å². The van der Waals surface area contributed by atoms with E-state index >= 15 is 0 Å². The monoisotopic (exact) mass is 377 g/mol. The van der Waals surface area contributed by atoms with E-state index in [4.69, 9.17) is 4.74 Å². The molecule has 1 saturated heterocycles. The van der Waals surface area contributed by atoms with Crippen molar-refractivity contribution in [3.05, 3.63) is 29.3 Å². The first kappa shape index (κ1) is 20.6. The topological polar surface area (TPSA) is 105 Å². The van der Waals surface area contributed by atoms with Crippen molar-refractivity contribution in [2.24, 2.45) is 5.92 Å².